The molecule has 0 fully saturated rings. The summed E-state index contributed by atoms with van der Waals surface area (Å²) in [5.74, 6) is 0.374. The molecule has 84 valence electrons. The second kappa shape index (κ2) is 4.19. The van der Waals surface area contributed by atoms with Gasteiger partial charge in [0.25, 0.3) is 5.91 Å². The van der Waals surface area contributed by atoms with Gasteiger partial charge in [-0.15, -0.1) is 0 Å². The summed E-state index contributed by atoms with van der Waals surface area (Å²) in [4.78, 5) is 11.7. The molecule has 2 aromatic rings. The van der Waals surface area contributed by atoms with E-state index in [1.165, 1.54) is 6.26 Å². The first-order valence-electron chi connectivity index (χ1n) is 4.78. The van der Waals surface area contributed by atoms with Crippen LogP contribution >= 0.6 is 0 Å². The minimum atomic E-state index is -0.335. The maximum atomic E-state index is 11.7. The van der Waals surface area contributed by atoms with Gasteiger partial charge in [0.1, 0.15) is 0 Å². The molecule has 0 aromatic carbocycles. The van der Waals surface area contributed by atoms with Gasteiger partial charge in [-0.1, -0.05) is 0 Å². The van der Waals surface area contributed by atoms with E-state index in [9.17, 15) is 4.79 Å². The molecular formula is C10H12N4O2. The van der Waals surface area contributed by atoms with E-state index >= 15 is 0 Å². The number of amides is 1. The zero-order valence-electron chi connectivity index (χ0n) is 8.80. The minimum Gasteiger partial charge on any atom is -0.459 e. The van der Waals surface area contributed by atoms with Crippen LogP contribution in [0.25, 0.3) is 0 Å². The Balaban J connectivity index is 2.17. The van der Waals surface area contributed by atoms with E-state index in [1.807, 2.05) is 0 Å². The maximum Gasteiger partial charge on any atom is 0.292 e. The fourth-order valence-electron chi connectivity index (χ4n) is 1.37. The van der Waals surface area contributed by atoms with Gasteiger partial charge in [0.15, 0.2) is 11.6 Å². The van der Waals surface area contributed by atoms with Crippen LogP contribution in [0, 0.1) is 0 Å². The average molecular weight is 220 g/mol. The summed E-state index contributed by atoms with van der Waals surface area (Å²) in [5, 5.41) is 6.73. The van der Waals surface area contributed by atoms with E-state index in [4.69, 9.17) is 10.2 Å². The summed E-state index contributed by atoms with van der Waals surface area (Å²) >= 11 is 0. The zero-order chi connectivity index (χ0) is 11.5. The van der Waals surface area contributed by atoms with Crippen molar-refractivity contribution < 1.29 is 9.21 Å². The van der Waals surface area contributed by atoms with Crippen LogP contribution in [-0.4, -0.2) is 15.7 Å². The van der Waals surface area contributed by atoms with Crippen LogP contribution in [0.2, 0.25) is 0 Å². The van der Waals surface area contributed by atoms with Crippen LogP contribution in [0.5, 0.6) is 0 Å². The number of rotatable bonds is 3. The van der Waals surface area contributed by atoms with Gasteiger partial charge in [-0.2, -0.15) is 5.10 Å². The molecule has 6 nitrogen and oxygen atoms in total. The van der Waals surface area contributed by atoms with E-state index in [2.05, 4.69) is 10.4 Å². The van der Waals surface area contributed by atoms with E-state index < -0.39 is 0 Å². The molecule has 2 aromatic heterocycles. The third kappa shape index (κ3) is 1.96. The Morgan fingerprint density at radius 1 is 1.69 bits per heavy atom. The molecule has 0 aliphatic heterocycles. The summed E-state index contributed by atoms with van der Waals surface area (Å²) in [7, 11) is 1.77. The van der Waals surface area contributed by atoms with Crippen molar-refractivity contribution in [3.8, 4) is 0 Å². The molecule has 0 radical (unpaired) electrons. The van der Waals surface area contributed by atoms with Crippen molar-refractivity contribution >= 4 is 11.7 Å². The van der Waals surface area contributed by atoms with E-state index in [0.29, 0.717) is 12.4 Å². The Bertz CT molecular complexity index is 487. The molecule has 0 aliphatic rings. The molecule has 0 bridgehead atoms. The predicted molar refractivity (Wildman–Crippen MR) is 57.8 cm³/mol. The number of aromatic nitrogens is 2. The molecule has 16 heavy (non-hydrogen) atoms. The molecule has 1 amide bonds. The monoisotopic (exact) mass is 220 g/mol. The molecule has 0 atom stereocenters. The Morgan fingerprint density at radius 2 is 2.50 bits per heavy atom. The van der Waals surface area contributed by atoms with E-state index in [0.717, 1.165) is 5.56 Å². The highest BCUT2D eigenvalue weighted by Crippen LogP contribution is 2.13. The maximum absolute atomic E-state index is 11.7. The fourth-order valence-corrected chi connectivity index (χ4v) is 1.37. The molecule has 0 aliphatic carbocycles. The van der Waals surface area contributed by atoms with Gasteiger partial charge in [-0.25, -0.2) is 0 Å². The normalized spacial score (nSPS) is 10.4. The van der Waals surface area contributed by atoms with Gasteiger partial charge >= 0.3 is 0 Å². The zero-order valence-corrected chi connectivity index (χ0v) is 8.80. The number of aryl methyl sites for hydroxylation is 1. The standard InChI is InChI=1S/C10H12N4O2/c1-14-6-7(5-11)9(13-14)12-10(15)8-3-2-4-16-8/h2-4,6H,5,11H2,1H3,(H,12,13,15). The van der Waals surface area contributed by atoms with Crippen LogP contribution in [-0.2, 0) is 13.6 Å². The molecule has 0 unspecified atom stereocenters. The Hall–Kier alpha value is -2.08. The summed E-state index contributed by atoms with van der Waals surface area (Å²) in [6, 6.07) is 3.23. The van der Waals surface area contributed by atoms with Crippen LogP contribution < -0.4 is 11.1 Å². The summed E-state index contributed by atoms with van der Waals surface area (Å²) in [6.45, 7) is 0.321. The van der Waals surface area contributed by atoms with Crippen molar-refractivity contribution in [2.45, 2.75) is 6.54 Å². The Morgan fingerprint density at radius 3 is 3.12 bits per heavy atom. The topological polar surface area (TPSA) is 86.1 Å². The van der Waals surface area contributed by atoms with Crippen molar-refractivity contribution in [1.29, 1.82) is 0 Å². The van der Waals surface area contributed by atoms with E-state index in [-0.39, 0.29) is 11.7 Å². The predicted octanol–water partition coefficient (Wildman–Crippen LogP) is 0.724. The number of nitrogens with one attached hydrogen (secondary N) is 1. The molecule has 6 heteroatoms. The lowest BCUT2D eigenvalue weighted by molar-refractivity contribution is 0.0996. The molecular weight excluding hydrogens is 208 g/mol. The third-order valence-electron chi connectivity index (χ3n) is 2.10. The van der Waals surface area contributed by atoms with Crippen LogP contribution in [0.4, 0.5) is 5.82 Å². The van der Waals surface area contributed by atoms with Gasteiger partial charge in [-0.3, -0.25) is 9.48 Å². The van der Waals surface area contributed by atoms with Gasteiger partial charge in [-0.05, 0) is 12.1 Å². The smallest absolute Gasteiger partial charge is 0.292 e. The highest BCUT2D eigenvalue weighted by molar-refractivity contribution is 6.01. The Labute approximate surface area is 92.0 Å². The number of carbonyl (C=O) groups is 1. The lowest BCUT2D eigenvalue weighted by Gasteiger charge is -2.00. The number of hydrogen-bond donors (Lipinski definition) is 2. The van der Waals surface area contributed by atoms with Gasteiger partial charge in [0.05, 0.1) is 6.26 Å². The number of nitrogens with zero attached hydrogens (tertiary/aromatic N) is 2. The molecule has 3 N–H and O–H groups in total. The minimum absolute atomic E-state index is 0.244. The second-order valence-electron chi connectivity index (χ2n) is 3.31. The fraction of sp³-hybridized carbons (Fsp3) is 0.200. The SMILES string of the molecule is Cn1cc(CN)c(NC(=O)c2ccco2)n1. The van der Waals surface area contributed by atoms with Gasteiger partial charge in [0.2, 0.25) is 0 Å². The molecule has 2 rings (SSSR count). The molecule has 2 heterocycles. The first-order valence-corrected chi connectivity index (χ1v) is 4.78. The van der Waals surface area contributed by atoms with Crippen LogP contribution in [0.3, 0.4) is 0 Å². The number of anilines is 1. The Kier molecular flexibility index (Phi) is 2.74. The van der Waals surface area contributed by atoms with Crippen molar-refractivity contribution in [3.63, 3.8) is 0 Å². The number of furan rings is 1. The largest absolute Gasteiger partial charge is 0.459 e. The molecule has 0 saturated heterocycles. The quantitative estimate of drug-likeness (QED) is 0.798. The van der Waals surface area contributed by atoms with Gasteiger partial charge < -0.3 is 15.5 Å². The summed E-state index contributed by atoms with van der Waals surface area (Å²) < 4.78 is 6.57. The third-order valence-corrected chi connectivity index (χ3v) is 2.10. The lowest BCUT2D eigenvalue weighted by atomic mass is 10.3. The molecule has 0 saturated carbocycles. The van der Waals surface area contributed by atoms with Crippen LogP contribution in [0.1, 0.15) is 16.1 Å². The van der Waals surface area contributed by atoms with Crippen molar-refractivity contribution in [1.82, 2.24) is 9.78 Å². The lowest BCUT2D eigenvalue weighted by Crippen LogP contribution is -2.13. The first-order chi connectivity index (χ1) is 7.70. The van der Waals surface area contributed by atoms with Crippen molar-refractivity contribution in [3.05, 3.63) is 35.9 Å². The number of hydrogen-bond acceptors (Lipinski definition) is 4. The summed E-state index contributed by atoms with van der Waals surface area (Å²) in [6.07, 6.45) is 3.20. The molecule has 0 spiro atoms. The highest BCUT2D eigenvalue weighted by Gasteiger charge is 2.13. The van der Waals surface area contributed by atoms with E-state index in [1.54, 1.807) is 30.1 Å². The van der Waals surface area contributed by atoms with Crippen LogP contribution in [0.15, 0.2) is 29.0 Å². The van der Waals surface area contributed by atoms with Crippen molar-refractivity contribution in [2.75, 3.05) is 5.32 Å². The first kappa shape index (κ1) is 10.4. The second-order valence-corrected chi connectivity index (χ2v) is 3.31. The van der Waals surface area contributed by atoms with Gasteiger partial charge in [0, 0.05) is 25.4 Å². The summed E-state index contributed by atoms with van der Waals surface area (Å²) in [5.41, 5.74) is 6.31. The van der Waals surface area contributed by atoms with Crippen molar-refractivity contribution in [2.24, 2.45) is 12.8 Å². The number of nitrogens with two attached hydrogens (primary N) is 1. The number of carbonyl (C=O) groups excluding carboxylic acids is 1. The highest BCUT2D eigenvalue weighted by atomic mass is 16.3. The average Bonchev–Trinajstić information content (AvgIpc) is 2.87.